The predicted molar refractivity (Wildman–Crippen MR) is 69.2 cm³/mol. The van der Waals surface area contributed by atoms with Gasteiger partial charge < -0.3 is 14.6 Å². The lowest BCUT2D eigenvalue weighted by Gasteiger charge is -2.15. The van der Waals surface area contributed by atoms with Crippen molar-refractivity contribution in [3.8, 4) is 11.5 Å². The second-order valence-electron chi connectivity index (χ2n) is 3.79. The second kappa shape index (κ2) is 6.69. The minimum absolute atomic E-state index is 0.549. The fourth-order valence-electron chi connectivity index (χ4n) is 1.48. The van der Waals surface area contributed by atoms with Gasteiger partial charge in [0.25, 0.3) is 0 Å². The molecule has 0 fully saturated rings. The van der Waals surface area contributed by atoms with Crippen molar-refractivity contribution in [2.75, 3.05) is 6.61 Å². The van der Waals surface area contributed by atoms with Crippen LogP contribution in [0.1, 0.15) is 19.4 Å². The Morgan fingerprint density at radius 3 is 2.83 bits per heavy atom. The van der Waals surface area contributed by atoms with Gasteiger partial charge in [-0.2, -0.15) is 0 Å². The molecule has 1 rings (SSSR count). The minimum Gasteiger partial charge on any atom is -0.494 e. The Morgan fingerprint density at radius 1 is 1.56 bits per heavy atom. The molecular weight excluding hydrogens is 232 g/mol. The molecule has 0 saturated carbocycles. The van der Waals surface area contributed by atoms with Gasteiger partial charge in [-0.25, -0.2) is 4.79 Å². The SMILES string of the molecule is C=CCc1cc(OCC)ccc1O[C@H](C)C(=O)O. The van der Waals surface area contributed by atoms with Crippen LogP contribution in [0.25, 0.3) is 0 Å². The van der Waals surface area contributed by atoms with Crippen LogP contribution in [0.2, 0.25) is 0 Å². The number of carboxylic acid groups (broad SMARTS) is 1. The van der Waals surface area contributed by atoms with Crippen LogP contribution in [0.3, 0.4) is 0 Å². The van der Waals surface area contributed by atoms with Gasteiger partial charge in [0, 0.05) is 5.56 Å². The summed E-state index contributed by atoms with van der Waals surface area (Å²) in [4.78, 5) is 10.8. The van der Waals surface area contributed by atoms with E-state index in [1.54, 1.807) is 18.2 Å². The highest BCUT2D eigenvalue weighted by Gasteiger charge is 2.14. The van der Waals surface area contributed by atoms with Gasteiger partial charge in [-0.05, 0) is 38.5 Å². The van der Waals surface area contributed by atoms with Gasteiger partial charge in [0.1, 0.15) is 11.5 Å². The molecule has 0 amide bonds. The summed E-state index contributed by atoms with van der Waals surface area (Å²) in [5.41, 5.74) is 0.865. The number of hydrogen-bond donors (Lipinski definition) is 1. The van der Waals surface area contributed by atoms with Crippen molar-refractivity contribution in [1.29, 1.82) is 0 Å². The molecule has 1 N–H and O–H groups in total. The van der Waals surface area contributed by atoms with Crippen molar-refractivity contribution in [3.63, 3.8) is 0 Å². The second-order valence-corrected chi connectivity index (χ2v) is 3.79. The lowest BCUT2D eigenvalue weighted by molar-refractivity contribution is -0.144. The summed E-state index contributed by atoms with van der Waals surface area (Å²) in [5.74, 6) is 0.298. The van der Waals surface area contributed by atoms with E-state index in [1.165, 1.54) is 6.92 Å². The Morgan fingerprint density at radius 2 is 2.28 bits per heavy atom. The van der Waals surface area contributed by atoms with Gasteiger partial charge >= 0.3 is 5.97 Å². The highest BCUT2D eigenvalue weighted by molar-refractivity contribution is 5.72. The average molecular weight is 250 g/mol. The molecule has 0 aliphatic heterocycles. The van der Waals surface area contributed by atoms with Crippen molar-refractivity contribution in [2.24, 2.45) is 0 Å². The summed E-state index contributed by atoms with van der Waals surface area (Å²) in [6.45, 7) is 7.66. The molecule has 4 nitrogen and oxygen atoms in total. The number of ether oxygens (including phenoxy) is 2. The van der Waals surface area contributed by atoms with Crippen molar-refractivity contribution in [1.82, 2.24) is 0 Å². The third-order valence-electron chi connectivity index (χ3n) is 2.36. The van der Waals surface area contributed by atoms with Crippen LogP contribution in [-0.4, -0.2) is 23.8 Å². The lowest BCUT2D eigenvalue weighted by Crippen LogP contribution is -2.23. The molecule has 0 aliphatic rings. The van der Waals surface area contributed by atoms with E-state index in [1.807, 2.05) is 13.0 Å². The van der Waals surface area contributed by atoms with Gasteiger partial charge in [0.05, 0.1) is 6.61 Å². The molecule has 4 heteroatoms. The first-order valence-corrected chi connectivity index (χ1v) is 5.84. The van der Waals surface area contributed by atoms with Crippen LogP contribution in [0.15, 0.2) is 30.9 Å². The number of carboxylic acids is 1. The van der Waals surface area contributed by atoms with E-state index in [-0.39, 0.29) is 0 Å². The number of carbonyl (C=O) groups is 1. The molecule has 1 atom stereocenters. The summed E-state index contributed by atoms with van der Waals surface area (Å²) in [7, 11) is 0. The summed E-state index contributed by atoms with van der Waals surface area (Å²) < 4.78 is 10.8. The Balaban J connectivity index is 2.95. The van der Waals surface area contributed by atoms with E-state index >= 15 is 0 Å². The fraction of sp³-hybridized carbons (Fsp3) is 0.357. The van der Waals surface area contributed by atoms with Gasteiger partial charge in [-0.3, -0.25) is 0 Å². The Kier molecular flexibility index (Phi) is 5.24. The quantitative estimate of drug-likeness (QED) is 0.756. The zero-order valence-electron chi connectivity index (χ0n) is 10.7. The number of hydrogen-bond acceptors (Lipinski definition) is 3. The van der Waals surface area contributed by atoms with Gasteiger partial charge in [-0.15, -0.1) is 6.58 Å². The van der Waals surface area contributed by atoms with E-state index in [0.29, 0.717) is 18.8 Å². The molecule has 0 aliphatic carbocycles. The van der Waals surface area contributed by atoms with E-state index in [2.05, 4.69) is 6.58 Å². The lowest BCUT2D eigenvalue weighted by atomic mass is 10.1. The maximum Gasteiger partial charge on any atom is 0.344 e. The standard InChI is InChI=1S/C14H18O4/c1-4-6-11-9-12(17-5-2)7-8-13(11)18-10(3)14(15)16/h4,7-10H,1,5-6H2,2-3H3,(H,15,16)/t10-/m1/s1. The molecule has 0 spiro atoms. The van der Waals surface area contributed by atoms with Crippen molar-refractivity contribution in [2.45, 2.75) is 26.4 Å². The van der Waals surface area contributed by atoms with E-state index in [9.17, 15) is 4.79 Å². The smallest absolute Gasteiger partial charge is 0.344 e. The summed E-state index contributed by atoms with van der Waals surface area (Å²) >= 11 is 0. The van der Waals surface area contributed by atoms with Crippen LogP contribution in [0, 0.1) is 0 Å². The average Bonchev–Trinajstić information content (AvgIpc) is 2.33. The van der Waals surface area contributed by atoms with E-state index in [4.69, 9.17) is 14.6 Å². The fourth-order valence-corrected chi connectivity index (χ4v) is 1.48. The highest BCUT2D eigenvalue weighted by atomic mass is 16.5. The molecule has 1 aromatic carbocycles. The Bertz CT molecular complexity index is 426. The summed E-state index contributed by atoms with van der Waals surface area (Å²) in [6.07, 6.45) is 1.46. The van der Waals surface area contributed by atoms with Crippen molar-refractivity contribution < 1.29 is 19.4 Å². The number of aliphatic carboxylic acids is 1. The van der Waals surface area contributed by atoms with Crippen LogP contribution in [0.5, 0.6) is 11.5 Å². The van der Waals surface area contributed by atoms with Crippen LogP contribution in [0.4, 0.5) is 0 Å². The van der Waals surface area contributed by atoms with Crippen LogP contribution < -0.4 is 9.47 Å². The highest BCUT2D eigenvalue weighted by Crippen LogP contribution is 2.26. The third-order valence-corrected chi connectivity index (χ3v) is 2.36. The molecule has 0 radical (unpaired) electrons. The molecule has 1 aromatic rings. The normalized spacial score (nSPS) is 11.7. The maximum atomic E-state index is 10.8. The Labute approximate surface area is 107 Å². The van der Waals surface area contributed by atoms with Crippen LogP contribution >= 0.6 is 0 Å². The molecule has 0 heterocycles. The maximum absolute atomic E-state index is 10.8. The first-order chi connectivity index (χ1) is 8.58. The zero-order valence-corrected chi connectivity index (χ0v) is 10.7. The molecule has 18 heavy (non-hydrogen) atoms. The minimum atomic E-state index is -0.992. The molecule has 98 valence electrons. The number of allylic oxidation sites excluding steroid dienone is 1. The molecule has 0 aromatic heterocycles. The first kappa shape index (κ1) is 14.1. The van der Waals surface area contributed by atoms with Crippen molar-refractivity contribution in [3.05, 3.63) is 36.4 Å². The monoisotopic (exact) mass is 250 g/mol. The zero-order chi connectivity index (χ0) is 13.5. The number of benzene rings is 1. The first-order valence-electron chi connectivity index (χ1n) is 5.84. The van der Waals surface area contributed by atoms with E-state index < -0.39 is 12.1 Å². The number of rotatable bonds is 7. The topological polar surface area (TPSA) is 55.8 Å². The van der Waals surface area contributed by atoms with E-state index in [0.717, 1.165) is 11.3 Å². The van der Waals surface area contributed by atoms with Crippen LogP contribution in [-0.2, 0) is 11.2 Å². The molecule has 0 saturated heterocycles. The molecule has 0 bridgehead atoms. The Hall–Kier alpha value is -1.97. The molecule has 0 unspecified atom stereocenters. The summed E-state index contributed by atoms with van der Waals surface area (Å²) in [6, 6.07) is 5.33. The summed E-state index contributed by atoms with van der Waals surface area (Å²) in [5, 5.41) is 8.83. The van der Waals surface area contributed by atoms with Crippen molar-refractivity contribution >= 4 is 5.97 Å². The van der Waals surface area contributed by atoms with Gasteiger partial charge in [0.2, 0.25) is 0 Å². The molecular formula is C14H18O4. The third kappa shape index (κ3) is 3.80. The van der Waals surface area contributed by atoms with Gasteiger partial charge in [-0.1, -0.05) is 6.08 Å². The predicted octanol–water partition coefficient (Wildman–Crippen LogP) is 2.67. The van der Waals surface area contributed by atoms with Gasteiger partial charge in [0.15, 0.2) is 6.10 Å². The largest absolute Gasteiger partial charge is 0.494 e.